The van der Waals surface area contributed by atoms with Gasteiger partial charge in [0.05, 0.1) is 17.8 Å². The Balaban J connectivity index is 1.63. The lowest BCUT2D eigenvalue weighted by molar-refractivity contribution is -0.122. The largest absolute Gasteiger partial charge is 0.357 e. The van der Waals surface area contributed by atoms with Crippen molar-refractivity contribution in [2.24, 2.45) is 11.7 Å². The van der Waals surface area contributed by atoms with Crippen LogP contribution in [0.3, 0.4) is 0 Å². The molecule has 120 valence electrons. The summed E-state index contributed by atoms with van der Waals surface area (Å²) in [6, 6.07) is 3.93. The average Bonchev–Trinajstić information content (AvgIpc) is 3.01. The van der Waals surface area contributed by atoms with E-state index in [0.717, 1.165) is 50.3 Å². The molecule has 2 aliphatic rings. The van der Waals surface area contributed by atoms with E-state index in [4.69, 9.17) is 5.73 Å². The minimum absolute atomic E-state index is 0.0282. The van der Waals surface area contributed by atoms with Crippen molar-refractivity contribution in [3.05, 3.63) is 18.3 Å². The highest BCUT2D eigenvalue weighted by Gasteiger charge is 2.37. The summed E-state index contributed by atoms with van der Waals surface area (Å²) in [5, 5.41) is 2.99. The molecule has 1 aliphatic carbocycles. The van der Waals surface area contributed by atoms with Gasteiger partial charge >= 0.3 is 0 Å². The highest BCUT2D eigenvalue weighted by molar-refractivity contribution is 5.93. The molecule has 2 heterocycles. The fourth-order valence-electron chi connectivity index (χ4n) is 3.61. The summed E-state index contributed by atoms with van der Waals surface area (Å²) in [6.07, 6.45) is 8.20. The Morgan fingerprint density at radius 1 is 1.32 bits per heavy atom. The molecule has 3 N–H and O–H groups in total. The van der Waals surface area contributed by atoms with Crippen molar-refractivity contribution in [2.45, 2.75) is 51.0 Å². The second kappa shape index (κ2) is 6.24. The van der Waals surface area contributed by atoms with E-state index in [2.05, 4.69) is 15.2 Å². The quantitative estimate of drug-likeness (QED) is 0.900. The van der Waals surface area contributed by atoms with Crippen LogP contribution in [0.2, 0.25) is 0 Å². The lowest BCUT2D eigenvalue weighted by Gasteiger charge is -2.37. The summed E-state index contributed by atoms with van der Waals surface area (Å²) in [5.74, 6) is 0.914. The van der Waals surface area contributed by atoms with E-state index in [0.29, 0.717) is 0 Å². The first-order chi connectivity index (χ1) is 10.6. The monoisotopic (exact) mass is 302 g/mol. The van der Waals surface area contributed by atoms with Crippen LogP contribution in [0.5, 0.6) is 0 Å². The van der Waals surface area contributed by atoms with Crippen LogP contribution < -0.4 is 16.0 Å². The number of nitrogens with zero attached hydrogens (tertiary/aromatic N) is 2. The number of hydrogen-bond donors (Lipinski definition) is 2. The average molecular weight is 302 g/mol. The van der Waals surface area contributed by atoms with Crippen LogP contribution in [0.15, 0.2) is 18.3 Å². The highest BCUT2D eigenvalue weighted by Crippen LogP contribution is 2.32. The molecule has 0 radical (unpaired) electrons. The number of rotatable bonds is 3. The smallest absolute Gasteiger partial charge is 0.229 e. The van der Waals surface area contributed by atoms with Crippen LogP contribution in [0.4, 0.5) is 11.5 Å². The first kappa shape index (κ1) is 15.3. The third-order valence-electron chi connectivity index (χ3n) is 5.02. The van der Waals surface area contributed by atoms with Crippen molar-refractivity contribution in [1.82, 2.24) is 4.98 Å². The van der Waals surface area contributed by atoms with Gasteiger partial charge in [-0.2, -0.15) is 0 Å². The zero-order valence-electron chi connectivity index (χ0n) is 13.3. The van der Waals surface area contributed by atoms with Gasteiger partial charge in [-0.15, -0.1) is 0 Å². The summed E-state index contributed by atoms with van der Waals surface area (Å²) >= 11 is 0. The molecule has 1 aliphatic heterocycles. The summed E-state index contributed by atoms with van der Waals surface area (Å²) < 4.78 is 0. The van der Waals surface area contributed by atoms with E-state index >= 15 is 0 Å². The molecule has 2 atom stereocenters. The summed E-state index contributed by atoms with van der Waals surface area (Å²) in [7, 11) is 0. The minimum Gasteiger partial charge on any atom is -0.357 e. The molecule has 0 spiro atoms. The Bertz CT molecular complexity index is 520. The molecule has 2 fully saturated rings. The lowest BCUT2D eigenvalue weighted by Crippen LogP contribution is -2.51. The first-order valence-corrected chi connectivity index (χ1v) is 8.37. The van der Waals surface area contributed by atoms with E-state index in [1.54, 1.807) is 6.20 Å². The van der Waals surface area contributed by atoms with Crippen molar-refractivity contribution in [3.63, 3.8) is 0 Å². The fraction of sp³-hybridized carbons (Fsp3) is 0.647. The standard InChI is InChI=1S/C17H26N4O/c1-17(18)9-3-2-6-14(17)16(22)20-13-7-8-15(19-12-13)21-10-4-5-11-21/h7-8,12,14H,2-6,9-11,18H2,1H3,(H,20,22). The van der Waals surface area contributed by atoms with E-state index in [1.165, 1.54) is 12.8 Å². The van der Waals surface area contributed by atoms with Crippen LogP contribution in [0, 0.1) is 5.92 Å². The number of amides is 1. The third-order valence-corrected chi connectivity index (χ3v) is 5.02. The third kappa shape index (κ3) is 3.24. The first-order valence-electron chi connectivity index (χ1n) is 8.37. The van der Waals surface area contributed by atoms with E-state index < -0.39 is 5.54 Å². The number of aromatic nitrogens is 1. The molecule has 0 aromatic carbocycles. The summed E-state index contributed by atoms with van der Waals surface area (Å²) in [4.78, 5) is 19.3. The van der Waals surface area contributed by atoms with Gasteiger partial charge in [0.2, 0.25) is 5.91 Å². The van der Waals surface area contributed by atoms with Crippen molar-refractivity contribution in [1.29, 1.82) is 0 Å². The zero-order valence-corrected chi connectivity index (χ0v) is 13.3. The number of nitrogens with two attached hydrogens (primary N) is 1. The van der Waals surface area contributed by atoms with Gasteiger partial charge in [0.15, 0.2) is 0 Å². The number of nitrogens with one attached hydrogen (secondary N) is 1. The second-order valence-electron chi connectivity index (χ2n) is 6.89. The van der Waals surface area contributed by atoms with Gasteiger partial charge in [0.25, 0.3) is 0 Å². The van der Waals surface area contributed by atoms with Crippen LogP contribution in [-0.4, -0.2) is 29.5 Å². The Morgan fingerprint density at radius 2 is 2.09 bits per heavy atom. The normalized spacial score (nSPS) is 28.6. The Hall–Kier alpha value is -1.62. The second-order valence-corrected chi connectivity index (χ2v) is 6.89. The molecule has 22 heavy (non-hydrogen) atoms. The summed E-state index contributed by atoms with van der Waals surface area (Å²) in [5.41, 5.74) is 6.66. The topological polar surface area (TPSA) is 71.2 Å². The van der Waals surface area contributed by atoms with Crippen molar-refractivity contribution in [2.75, 3.05) is 23.3 Å². The fourth-order valence-corrected chi connectivity index (χ4v) is 3.61. The molecule has 3 rings (SSSR count). The molecule has 0 bridgehead atoms. The van der Waals surface area contributed by atoms with Crippen molar-refractivity contribution < 1.29 is 4.79 Å². The van der Waals surface area contributed by atoms with Crippen molar-refractivity contribution >= 4 is 17.4 Å². The molecule has 1 saturated carbocycles. The number of carbonyl (C=O) groups excluding carboxylic acids is 1. The maximum absolute atomic E-state index is 12.5. The molecular weight excluding hydrogens is 276 g/mol. The molecular formula is C17H26N4O. The molecule has 1 aromatic heterocycles. The zero-order chi connectivity index (χ0) is 15.6. The number of carbonyl (C=O) groups is 1. The van der Waals surface area contributed by atoms with Gasteiger partial charge in [-0.25, -0.2) is 4.98 Å². The van der Waals surface area contributed by atoms with E-state index in [9.17, 15) is 4.79 Å². The van der Waals surface area contributed by atoms with Crippen molar-refractivity contribution in [3.8, 4) is 0 Å². The van der Waals surface area contributed by atoms with Gasteiger partial charge < -0.3 is 16.0 Å². The predicted octanol–water partition coefficient (Wildman–Crippen LogP) is 2.53. The Morgan fingerprint density at radius 3 is 2.73 bits per heavy atom. The van der Waals surface area contributed by atoms with E-state index in [-0.39, 0.29) is 11.8 Å². The maximum atomic E-state index is 12.5. The number of anilines is 2. The maximum Gasteiger partial charge on any atom is 0.229 e. The highest BCUT2D eigenvalue weighted by atomic mass is 16.2. The Kier molecular flexibility index (Phi) is 4.34. The van der Waals surface area contributed by atoms with Gasteiger partial charge in [-0.1, -0.05) is 12.8 Å². The molecule has 5 heteroatoms. The predicted molar refractivity (Wildman–Crippen MR) is 88.9 cm³/mol. The van der Waals surface area contributed by atoms with Gasteiger partial charge in [0, 0.05) is 18.6 Å². The molecule has 1 amide bonds. The van der Waals surface area contributed by atoms with Gasteiger partial charge in [-0.05, 0) is 44.7 Å². The van der Waals surface area contributed by atoms with Crippen LogP contribution in [-0.2, 0) is 4.79 Å². The minimum atomic E-state index is -0.398. The van der Waals surface area contributed by atoms with Crippen LogP contribution >= 0.6 is 0 Å². The van der Waals surface area contributed by atoms with Crippen LogP contribution in [0.1, 0.15) is 45.4 Å². The molecule has 1 saturated heterocycles. The number of pyridine rings is 1. The summed E-state index contributed by atoms with van der Waals surface area (Å²) in [6.45, 7) is 4.14. The van der Waals surface area contributed by atoms with Gasteiger partial charge in [-0.3, -0.25) is 4.79 Å². The van der Waals surface area contributed by atoms with Gasteiger partial charge in [0.1, 0.15) is 5.82 Å². The molecule has 1 aromatic rings. The lowest BCUT2D eigenvalue weighted by atomic mass is 9.74. The van der Waals surface area contributed by atoms with Crippen LogP contribution in [0.25, 0.3) is 0 Å². The SMILES string of the molecule is CC1(N)CCCCC1C(=O)Nc1ccc(N2CCCC2)nc1. The van der Waals surface area contributed by atoms with E-state index in [1.807, 2.05) is 19.1 Å². The Labute approximate surface area is 132 Å². The number of hydrogen-bond acceptors (Lipinski definition) is 4. The molecule has 5 nitrogen and oxygen atoms in total. The molecule has 2 unspecified atom stereocenters.